The van der Waals surface area contributed by atoms with Crippen LogP contribution < -0.4 is 10.4 Å². The van der Waals surface area contributed by atoms with Crippen molar-refractivity contribution in [1.29, 1.82) is 0 Å². The molecule has 0 bridgehead atoms. The Kier molecular flexibility index (Phi) is 11.6. The highest BCUT2D eigenvalue weighted by Crippen LogP contribution is 2.19. The number of nitrogens with zero attached hydrogens (tertiary/aromatic N) is 2. The molecule has 5 nitrogen and oxygen atoms in total. The Labute approximate surface area is 180 Å². The average molecular weight is 413 g/mol. The third kappa shape index (κ3) is 8.98. The fourth-order valence-electron chi connectivity index (χ4n) is 3.63. The molecule has 0 spiro atoms. The maximum atomic E-state index is 12.0. The van der Waals surface area contributed by atoms with Crippen molar-refractivity contribution in [3.8, 4) is 6.08 Å². The number of fused-ring (bicyclic) bond motifs is 1. The van der Waals surface area contributed by atoms with E-state index in [0.29, 0.717) is 23.2 Å². The fourth-order valence-corrected chi connectivity index (χ4v) is 3.63. The molecule has 0 unspecified atom stereocenters. The van der Waals surface area contributed by atoms with E-state index in [1.165, 1.54) is 83.1 Å². The van der Waals surface area contributed by atoms with E-state index in [1.807, 2.05) is 0 Å². The maximum absolute atomic E-state index is 12.0. The Morgan fingerprint density at radius 2 is 1.47 bits per heavy atom. The molecule has 0 N–H and O–H groups in total. The number of rotatable bonds is 16. The summed E-state index contributed by atoms with van der Waals surface area (Å²) in [6.45, 7) is 9.78. The summed E-state index contributed by atoms with van der Waals surface area (Å²) >= 11 is 0. The standard InChI is InChI=1S/C25H36N2O3/c1-3-4-5-6-7-8-9-10-11-12-13-14-15-16-19-29-25-27-23-18-17-21(26-2)20-22(23)24(28)30-25/h17-18,20H,3-16,19H2,1H3. The highest BCUT2D eigenvalue weighted by atomic mass is 16.6. The molecule has 0 aliphatic carbocycles. The number of benzene rings is 1. The van der Waals surface area contributed by atoms with Gasteiger partial charge in [0.2, 0.25) is 0 Å². The van der Waals surface area contributed by atoms with Gasteiger partial charge in [-0.2, -0.15) is 4.98 Å². The van der Waals surface area contributed by atoms with E-state index < -0.39 is 5.63 Å². The van der Waals surface area contributed by atoms with Crippen molar-refractivity contribution in [1.82, 2.24) is 4.98 Å². The zero-order valence-corrected chi connectivity index (χ0v) is 18.5. The highest BCUT2D eigenvalue weighted by molar-refractivity contribution is 5.81. The van der Waals surface area contributed by atoms with Gasteiger partial charge in [-0.1, -0.05) is 96.5 Å². The minimum Gasteiger partial charge on any atom is -0.450 e. The molecule has 2 aromatic rings. The van der Waals surface area contributed by atoms with E-state index in [0.717, 1.165) is 12.8 Å². The molecular formula is C25H36N2O3. The van der Waals surface area contributed by atoms with Crippen LogP contribution in [0.15, 0.2) is 27.4 Å². The predicted molar refractivity (Wildman–Crippen MR) is 122 cm³/mol. The summed E-state index contributed by atoms with van der Waals surface area (Å²) in [5.41, 5.74) is 0.378. The molecule has 0 radical (unpaired) electrons. The van der Waals surface area contributed by atoms with Gasteiger partial charge < -0.3 is 9.15 Å². The van der Waals surface area contributed by atoms with Crippen molar-refractivity contribution in [2.75, 3.05) is 6.61 Å². The first-order valence-corrected chi connectivity index (χ1v) is 11.7. The molecule has 0 aliphatic rings. The van der Waals surface area contributed by atoms with Crippen LogP contribution in [0.2, 0.25) is 0 Å². The van der Waals surface area contributed by atoms with Crippen molar-refractivity contribution in [2.45, 2.75) is 96.8 Å². The topological polar surface area (TPSA) is 56.7 Å². The molecule has 0 saturated carbocycles. The van der Waals surface area contributed by atoms with Gasteiger partial charge in [0.05, 0.1) is 24.1 Å². The molecule has 164 valence electrons. The Bertz CT molecular complexity index is 838. The van der Waals surface area contributed by atoms with Crippen LogP contribution in [0.1, 0.15) is 96.8 Å². The Morgan fingerprint density at radius 3 is 2.03 bits per heavy atom. The number of aromatic nitrogens is 1. The van der Waals surface area contributed by atoms with E-state index in [2.05, 4.69) is 16.8 Å². The van der Waals surface area contributed by atoms with Crippen LogP contribution in [-0.4, -0.2) is 11.6 Å². The van der Waals surface area contributed by atoms with Gasteiger partial charge in [0.15, 0.2) is 5.69 Å². The SMILES string of the molecule is [C-]#[N+]c1ccc2nc(OCCCCCCCCCCCCCCCC)oc(=O)c2c1. The molecule has 0 aliphatic heterocycles. The van der Waals surface area contributed by atoms with Crippen LogP contribution in [-0.2, 0) is 0 Å². The number of ether oxygens (including phenoxy) is 1. The van der Waals surface area contributed by atoms with Crippen molar-refractivity contribution < 1.29 is 9.15 Å². The molecule has 30 heavy (non-hydrogen) atoms. The number of unbranched alkanes of at least 4 members (excludes halogenated alkanes) is 13. The summed E-state index contributed by atoms with van der Waals surface area (Å²) in [6.07, 6.45) is 18.4. The zero-order chi connectivity index (χ0) is 21.4. The summed E-state index contributed by atoms with van der Waals surface area (Å²) in [5.74, 6) is 0. The third-order valence-corrected chi connectivity index (χ3v) is 5.44. The molecule has 0 amide bonds. The van der Waals surface area contributed by atoms with Crippen molar-refractivity contribution >= 4 is 16.6 Å². The summed E-state index contributed by atoms with van der Waals surface area (Å²) in [6, 6.07) is 4.79. The first kappa shape index (κ1) is 23.9. The molecule has 0 saturated heterocycles. The first-order chi connectivity index (χ1) is 14.7. The lowest BCUT2D eigenvalue weighted by Crippen LogP contribution is -2.06. The summed E-state index contributed by atoms with van der Waals surface area (Å²) in [7, 11) is 0. The second-order valence-electron chi connectivity index (χ2n) is 8.03. The fraction of sp³-hybridized carbons (Fsp3) is 0.640. The largest absolute Gasteiger partial charge is 0.450 e. The van der Waals surface area contributed by atoms with Crippen molar-refractivity contribution in [2.24, 2.45) is 0 Å². The van der Waals surface area contributed by atoms with Gasteiger partial charge >= 0.3 is 11.7 Å². The molecule has 2 rings (SSSR count). The average Bonchev–Trinajstić information content (AvgIpc) is 2.76. The van der Waals surface area contributed by atoms with E-state index >= 15 is 0 Å². The van der Waals surface area contributed by atoms with Gasteiger partial charge in [0.1, 0.15) is 0 Å². The predicted octanol–water partition coefficient (Wildman–Crippen LogP) is 7.60. The molecule has 0 fully saturated rings. The highest BCUT2D eigenvalue weighted by Gasteiger charge is 2.08. The lowest BCUT2D eigenvalue weighted by atomic mass is 10.0. The molecular weight excluding hydrogens is 376 g/mol. The van der Waals surface area contributed by atoms with E-state index in [1.54, 1.807) is 12.1 Å². The summed E-state index contributed by atoms with van der Waals surface area (Å²) in [5, 5.41) is 0.312. The molecule has 5 heteroatoms. The van der Waals surface area contributed by atoms with E-state index in [9.17, 15) is 4.79 Å². The first-order valence-electron chi connectivity index (χ1n) is 11.7. The van der Waals surface area contributed by atoms with Gasteiger partial charge in [-0.3, -0.25) is 0 Å². The van der Waals surface area contributed by atoms with Crippen LogP contribution >= 0.6 is 0 Å². The number of hydrogen-bond donors (Lipinski definition) is 0. The van der Waals surface area contributed by atoms with Gasteiger partial charge in [0, 0.05) is 0 Å². The van der Waals surface area contributed by atoms with Gasteiger partial charge in [0.25, 0.3) is 0 Å². The summed E-state index contributed by atoms with van der Waals surface area (Å²) in [4.78, 5) is 19.6. The Balaban J connectivity index is 1.49. The summed E-state index contributed by atoms with van der Waals surface area (Å²) < 4.78 is 10.6. The Morgan fingerprint density at radius 1 is 0.900 bits per heavy atom. The van der Waals surface area contributed by atoms with Crippen LogP contribution in [0.3, 0.4) is 0 Å². The van der Waals surface area contributed by atoms with Crippen LogP contribution in [0, 0.1) is 6.57 Å². The third-order valence-electron chi connectivity index (χ3n) is 5.44. The zero-order valence-electron chi connectivity index (χ0n) is 18.5. The second kappa shape index (κ2) is 14.6. The van der Waals surface area contributed by atoms with E-state index in [-0.39, 0.29) is 6.08 Å². The van der Waals surface area contributed by atoms with Crippen LogP contribution in [0.25, 0.3) is 15.7 Å². The minimum absolute atomic E-state index is 0.0118. The minimum atomic E-state index is -0.513. The molecule has 1 heterocycles. The smallest absolute Gasteiger partial charge is 0.397 e. The van der Waals surface area contributed by atoms with Crippen molar-refractivity contribution in [3.63, 3.8) is 0 Å². The molecule has 0 atom stereocenters. The van der Waals surface area contributed by atoms with E-state index in [4.69, 9.17) is 15.7 Å². The van der Waals surface area contributed by atoms with Crippen LogP contribution in [0.5, 0.6) is 6.08 Å². The van der Waals surface area contributed by atoms with Gasteiger partial charge in [-0.25, -0.2) is 9.64 Å². The lowest BCUT2D eigenvalue weighted by molar-refractivity contribution is 0.211. The second-order valence-corrected chi connectivity index (χ2v) is 8.03. The maximum Gasteiger partial charge on any atom is 0.397 e. The molecule has 1 aromatic heterocycles. The quantitative estimate of drug-likeness (QED) is 0.210. The normalized spacial score (nSPS) is 10.9. The molecule has 1 aromatic carbocycles. The number of hydrogen-bond acceptors (Lipinski definition) is 4. The van der Waals surface area contributed by atoms with Gasteiger partial charge in [-0.05, 0) is 18.6 Å². The van der Waals surface area contributed by atoms with Crippen molar-refractivity contribution in [3.05, 3.63) is 40.0 Å². The van der Waals surface area contributed by atoms with Gasteiger partial charge in [-0.15, -0.1) is 0 Å². The Hall–Kier alpha value is -2.35. The van der Waals surface area contributed by atoms with Crippen LogP contribution in [0.4, 0.5) is 5.69 Å². The lowest BCUT2D eigenvalue weighted by Gasteiger charge is -2.05. The monoisotopic (exact) mass is 412 g/mol.